The normalized spacial score (nSPS) is 13.5. The van der Waals surface area contributed by atoms with Gasteiger partial charge in [-0.05, 0) is 52.5 Å². The SMILES string of the molecule is O=C(NCC(O)(c1ccsc1)c1cccs1)c1ccc(F)cc1. The molecule has 1 unspecified atom stereocenters. The molecule has 23 heavy (non-hydrogen) atoms. The molecule has 3 nitrogen and oxygen atoms in total. The number of hydrogen-bond acceptors (Lipinski definition) is 4. The Kier molecular flexibility index (Phi) is 4.56. The lowest BCUT2D eigenvalue weighted by Gasteiger charge is -2.27. The van der Waals surface area contributed by atoms with E-state index in [0.29, 0.717) is 5.56 Å². The molecule has 0 fully saturated rings. The summed E-state index contributed by atoms with van der Waals surface area (Å²) in [6.07, 6.45) is 0. The fraction of sp³-hybridized carbons (Fsp3) is 0.118. The zero-order valence-corrected chi connectivity index (χ0v) is 13.7. The zero-order valence-electron chi connectivity index (χ0n) is 12.0. The number of rotatable bonds is 5. The Labute approximate surface area is 141 Å². The first-order chi connectivity index (χ1) is 11.1. The van der Waals surface area contributed by atoms with Gasteiger partial charge in [-0.25, -0.2) is 4.39 Å². The second-order valence-electron chi connectivity index (χ2n) is 5.04. The minimum atomic E-state index is -1.27. The summed E-state index contributed by atoms with van der Waals surface area (Å²) >= 11 is 2.92. The van der Waals surface area contributed by atoms with Crippen molar-refractivity contribution in [2.24, 2.45) is 0 Å². The lowest BCUT2D eigenvalue weighted by atomic mass is 9.94. The highest BCUT2D eigenvalue weighted by Crippen LogP contribution is 2.33. The lowest BCUT2D eigenvalue weighted by molar-refractivity contribution is 0.0721. The Morgan fingerprint density at radius 2 is 1.96 bits per heavy atom. The molecule has 1 atom stereocenters. The molecule has 3 rings (SSSR count). The van der Waals surface area contributed by atoms with Crippen molar-refractivity contribution < 1.29 is 14.3 Å². The van der Waals surface area contributed by atoms with E-state index in [-0.39, 0.29) is 12.5 Å². The molecular formula is C17H14FNO2S2. The number of hydrogen-bond donors (Lipinski definition) is 2. The topological polar surface area (TPSA) is 49.3 Å². The molecule has 2 aromatic heterocycles. The van der Waals surface area contributed by atoms with Gasteiger partial charge in [0.2, 0.25) is 0 Å². The van der Waals surface area contributed by atoms with E-state index in [2.05, 4.69) is 5.32 Å². The van der Waals surface area contributed by atoms with Crippen LogP contribution in [0.1, 0.15) is 20.8 Å². The van der Waals surface area contributed by atoms with Gasteiger partial charge in [0, 0.05) is 16.0 Å². The Hall–Kier alpha value is -2.02. The summed E-state index contributed by atoms with van der Waals surface area (Å²) in [5.41, 5.74) is -0.182. The van der Waals surface area contributed by atoms with Crippen LogP contribution in [0.5, 0.6) is 0 Å². The first-order valence-corrected chi connectivity index (χ1v) is 8.74. The van der Waals surface area contributed by atoms with Crippen molar-refractivity contribution in [1.29, 1.82) is 0 Å². The van der Waals surface area contributed by atoms with E-state index in [1.807, 2.05) is 34.3 Å². The summed E-state index contributed by atoms with van der Waals surface area (Å²) in [4.78, 5) is 13.0. The van der Waals surface area contributed by atoms with Crippen molar-refractivity contribution in [2.75, 3.05) is 6.54 Å². The van der Waals surface area contributed by atoms with Gasteiger partial charge in [-0.1, -0.05) is 6.07 Å². The summed E-state index contributed by atoms with van der Waals surface area (Å²) in [7, 11) is 0. The Bertz CT molecular complexity index is 733. The maximum Gasteiger partial charge on any atom is 0.251 e. The van der Waals surface area contributed by atoms with Crippen LogP contribution in [-0.2, 0) is 5.60 Å². The third-order valence-corrected chi connectivity index (χ3v) is 5.24. The molecule has 0 saturated carbocycles. The molecule has 3 aromatic rings. The summed E-state index contributed by atoms with van der Waals surface area (Å²) in [6.45, 7) is 0.0421. The van der Waals surface area contributed by atoms with Crippen molar-refractivity contribution in [2.45, 2.75) is 5.60 Å². The highest BCUT2D eigenvalue weighted by atomic mass is 32.1. The molecule has 6 heteroatoms. The third-order valence-electron chi connectivity index (χ3n) is 3.54. The molecule has 0 aliphatic carbocycles. The molecule has 1 aromatic carbocycles. The monoisotopic (exact) mass is 347 g/mol. The first kappa shape index (κ1) is 15.9. The maximum atomic E-state index is 12.9. The second kappa shape index (κ2) is 6.62. The van der Waals surface area contributed by atoms with Crippen LogP contribution in [-0.4, -0.2) is 17.6 Å². The highest BCUT2D eigenvalue weighted by molar-refractivity contribution is 7.10. The third kappa shape index (κ3) is 3.34. The summed E-state index contributed by atoms with van der Waals surface area (Å²) in [5, 5.41) is 19.5. The summed E-state index contributed by atoms with van der Waals surface area (Å²) in [5.74, 6) is -0.745. The van der Waals surface area contributed by atoms with Gasteiger partial charge < -0.3 is 10.4 Å². The van der Waals surface area contributed by atoms with Crippen LogP contribution in [0.3, 0.4) is 0 Å². The van der Waals surface area contributed by atoms with Gasteiger partial charge in [-0.15, -0.1) is 11.3 Å². The van der Waals surface area contributed by atoms with Crippen LogP contribution in [0.25, 0.3) is 0 Å². The number of halogens is 1. The zero-order chi connectivity index (χ0) is 16.3. The Morgan fingerprint density at radius 1 is 1.17 bits per heavy atom. The minimum absolute atomic E-state index is 0.0421. The smallest absolute Gasteiger partial charge is 0.251 e. The predicted molar refractivity (Wildman–Crippen MR) is 90.4 cm³/mol. The Balaban J connectivity index is 1.80. The van der Waals surface area contributed by atoms with Crippen molar-refractivity contribution in [3.05, 3.63) is 80.4 Å². The highest BCUT2D eigenvalue weighted by Gasteiger charge is 2.33. The fourth-order valence-electron chi connectivity index (χ4n) is 2.26. The standard InChI is InChI=1S/C17H14FNO2S2/c18-14-5-3-12(4-6-14)16(20)19-11-17(21,13-7-9-22-10-13)15-2-1-8-23-15/h1-10,21H,11H2,(H,19,20). The number of benzene rings is 1. The molecule has 0 bridgehead atoms. The van der Waals surface area contributed by atoms with Crippen LogP contribution >= 0.6 is 22.7 Å². The molecule has 0 spiro atoms. The van der Waals surface area contributed by atoms with E-state index in [9.17, 15) is 14.3 Å². The number of carbonyl (C=O) groups is 1. The van der Waals surface area contributed by atoms with Gasteiger partial charge >= 0.3 is 0 Å². The molecule has 0 aliphatic heterocycles. The molecule has 0 saturated heterocycles. The Morgan fingerprint density at radius 3 is 2.57 bits per heavy atom. The molecule has 1 amide bonds. The fourth-order valence-corrected chi connectivity index (χ4v) is 3.83. The largest absolute Gasteiger partial charge is 0.378 e. The number of nitrogens with one attached hydrogen (secondary N) is 1. The number of carbonyl (C=O) groups excluding carboxylic acids is 1. The van der Waals surface area contributed by atoms with Gasteiger partial charge in [0.05, 0.1) is 6.54 Å². The van der Waals surface area contributed by atoms with E-state index in [4.69, 9.17) is 0 Å². The van der Waals surface area contributed by atoms with Crippen LogP contribution in [0, 0.1) is 5.82 Å². The van der Waals surface area contributed by atoms with Crippen LogP contribution in [0.4, 0.5) is 4.39 Å². The number of aliphatic hydroxyl groups is 1. The molecule has 0 radical (unpaired) electrons. The average Bonchev–Trinajstić information content (AvgIpc) is 3.26. The number of amides is 1. The van der Waals surface area contributed by atoms with E-state index in [1.165, 1.54) is 46.9 Å². The summed E-state index contributed by atoms with van der Waals surface area (Å²) < 4.78 is 12.9. The van der Waals surface area contributed by atoms with Gasteiger partial charge in [0.15, 0.2) is 0 Å². The van der Waals surface area contributed by atoms with E-state index >= 15 is 0 Å². The van der Waals surface area contributed by atoms with E-state index in [0.717, 1.165) is 10.4 Å². The molecule has 2 heterocycles. The summed E-state index contributed by atoms with van der Waals surface area (Å²) in [6, 6.07) is 10.8. The van der Waals surface area contributed by atoms with Gasteiger partial charge in [-0.3, -0.25) is 4.79 Å². The first-order valence-electron chi connectivity index (χ1n) is 6.92. The van der Waals surface area contributed by atoms with Gasteiger partial charge in [0.25, 0.3) is 5.91 Å². The van der Waals surface area contributed by atoms with Crippen molar-refractivity contribution >= 4 is 28.6 Å². The second-order valence-corrected chi connectivity index (χ2v) is 6.77. The number of thiophene rings is 2. The molecule has 0 aliphatic rings. The minimum Gasteiger partial charge on any atom is -0.378 e. The van der Waals surface area contributed by atoms with Gasteiger partial charge in [-0.2, -0.15) is 11.3 Å². The molecular weight excluding hydrogens is 333 g/mol. The average molecular weight is 347 g/mol. The van der Waals surface area contributed by atoms with Gasteiger partial charge in [0.1, 0.15) is 11.4 Å². The lowest BCUT2D eigenvalue weighted by Crippen LogP contribution is -2.41. The molecule has 2 N–H and O–H groups in total. The van der Waals surface area contributed by atoms with Crippen LogP contribution in [0.2, 0.25) is 0 Å². The maximum absolute atomic E-state index is 12.9. The van der Waals surface area contributed by atoms with Crippen LogP contribution < -0.4 is 5.32 Å². The van der Waals surface area contributed by atoms with Crippen molar-refractivity contribution in [1.82, 2.24) is 5.32 Å². The predicted octanol–water partition coefficient (Wildman–Crippen LogP) is 3.61. The van der Waals surface area contributed by atoms with E-state index in [1.54, 1.807) is 0 Å². The van der Waals surface area contributed by atoms with E-state index < -0.39 is 11.4 Å². The molecule has 118 valence electrons. The van der Waals surface area contributed by atoms with Crippen molar-refractivity contribution in [3.8, 4) is 0 Å². The van der Waals surface area contributed by atoms with Crippen molar-refractivity contribution in [3.63, 3.8) is 0 Å². The van der Waals surface area contributed by atoms with Crippen LogP contribution in [0.15, 0.2) is 58.6 Å². The quantitative estimate of drug-likeness (QED) is 0.741.